The van der Waals surface area contributed by atoms with Crippen molar-refractivity contribution in [1.82, 2.24) is 10.6 Å². The number of nitrogens with one attached hydrogen (secondary N) is 2. The summed E-state index contributed by atoms with van der Waals surface area (Å²) < 4.78 is 18.7. The summed E-state index contributed by atoms with van der Waals surface area (Å²) in [5, 5.41) is 5.27. The van der Waals surface area contributed by atoms with Crippen LogP contribution in [0.4, 0.5) is 4.39 Å². The first-order chi connectivity index (χ1) is 10.1. The van der Waals surface area contributed by atoms with Crippen LogP contribution in [-0.4, -0.2) is 37.6 Å². The first kappa shape index (κ1) is 15.2. The van der Waals surface area contributed by atoms with Gasteiger partial charge in [0.05, 0.1) is 5.56 Å². The fourth-order valence-corrected chi connectivity index (χ4v) is 2.12. The molecule has 114 valence electrons. The fourth-order valence-electron chi connectivity index (χ4n) is 2.12. The van der Waals surface area contributed by atoms with E-state index in [1.165, 1.54) is 12.1 Å². The van der Waals surface area contributed by atoms with Crippen LogP contribution in [0, 0.1) is 5.82 Å². The van der Waals surface area contributed by atoms with Gasteiger partial charge in [0, 0.05) is 13.1 Å². The summed E-state index contributed by atoms with van der Waals surface area (Å²) in [6.45, 7) is 1.11. The summed E-state index contributed by atoms with van der Waals surface area (Å²) in [6.07, 6.45) is 1.35. The lowest BCUT2D eigenvalue weighted by molar-refractivity contribution is -0.124. The van der Waals surface area contributed by atoms with Crippen LogP contribution in [0.15, 0.2) is 18.2 Å². The van der Waals surface area contributed by atoms with E-state index in [1.54, 1.807) is 0 Å². The second-order valence-electron chi connectivity index (χ2n) is 4.74. The topological polar surface area (TPSA) is 93.4 Å². The zero-order chi connectivity index (χ0) is 15.2. The van der Waals surface area contributed by atoms with Crippen LogP contribution in [0.3, 0.4) is 0 Å². The van der Waals surface area contributed by atoms with Crippen molar-refractivity contribution in [2.75, 3.05) is 19.7 Å². The molecule has 1 heterocycles. The summed E-state index contributed by atoms with van der Waals surface area (Å²) in [5.41, 5.74) is 5.40. The van der Waals surface area contributed by atoms with E-state index in [0.29, 0.717) is 13.0 Å². The maximum atomic E-state index is 13.3. The van der Waals surface area contributed by atoms with Crippen LogP contribution in [-0.2, 0) is 4.79 Å². The Bertz CT molecular complexity index is 536. The van der Waals surface area contributed by atoms with Crippen molar-refractivity contribution in [3.63, 3.8) is 0 Å². The minimum Gasteiger partial charge on any atom is -0.491 e. The molecule has 4 N–H and O–H groups in total. The summed E-state index contributed by atoms with van der Waals surface area (Å²) in [4.78, 5) is 23.9. The first-order valence-electron chi connectivity index (χ1n) is 6.83. The second-order valence-corrected chi connectivity index (χ2v) is 4.74. The molecule has 7 heteroatoms. The van der Waals surface area contributed by atoms with E-state index in [1.807, 2.05) is 0 Å². The van der Waals surface area contributed by atoms with Gasteiger partial charge in [-0.3, -0.25) is 9.59 Å². The fraction of sp³-hybridized carbons (Fsp3) is 0.429. The van der Waals surface area contributed by atoms with Crippen LogP contribution < -0.4 is 21.1 Å². The molecule has 1 aliphatic heterocycles. The third-order valence-corrected chi connectivity index (χ3v) is 3.15. The van der Waals surface area contributed by atoms with Gasteiger partial charge in [-0.05, 0) is 31.0 Å². The molecule has 2 amide bonds. The summed E-state index contributed by atoms with van der Waals surface area (Å²) >= 11 is 0. The van der Waals surface area contributed by atoms with Crippen molar-refractivity contribution in [1.29, 1.82) is 0 Å². The average Bonchev–Trinajstić information content (AvgIpc) is 2.48. The Morgan fingerprint density at radius 1 is 1.52 bits per heavy atom. The lowest BCUT2D eigenvalue weighted by atomic mass is 10.1. The van der Waals surface area contributed by atoms with Crippen LogP contribution in [0.25, 0.3) is 0 Å². The Hall–Kier alpha value is -2.15. The molecular formula is C14H18FN3O3. The van der Waals surface area contributed by atoms with Crippen LogP contribution in [0.5, 0.6) is 5.75 Å². The quantitative estimate of drug-likeness (QED) is 0.722. The molecule has 2 rings (SSSR count). The molecule has 0 radical (unpaired) electrons. The molecule has 1 aromatic rings. The van der Waals surface area contributed by atoms with Gasteiger partial charge in [0.1, 0.15) is 24.2 Å². The Kier molecular flexibility index (Phi) is 5.10. The smallest absolute Gasteiger partial charge is 0.255 e. The van der Waals surface area contributed by atoms with E-state index >= 15 is 0 Å². The molecule has 1 saturated heterocycles. The highest BCUT2D eigenvalue weighted by Gasteiger charge is 2.25. The van der Waals surface area contributed by atoms with Gasteiger partial charge in [-0.15, -0.1) is 0 Å². The Labute approximate surface area is 121 Å². The van der Waals surface area contributed by atoms with Crippen molar-refractivity contribution < 1.29 is 18.7 Å². The highest BCUT2D eigenvalue weighted by Crippen LogP contribution is 2.20. The van der Waals surface area contributed by atoms with E-state index in [4.69, 9.17) is 10.5 Å². The largest absolute Gasteiger partial charge is 0.491 e. The second kappa shape index (κ2) is 7.03. The first-order valence-corrected chi connectivity index (χ1v) is 6.83. The molecule has 1 fully saturated rings. The number of amides is 2. The molecule has 0 spiro atoms. The van der Waals surface area contributed by atoms with Gasteiger partial charge in [0.15, 0.2) is 0 Å². The maximum Gasteiger partial charge on any atom is 0.255 e. The van der Waals surface area contributed by atoms with E-state index < -0.39 is 17.8 Å². The molecule has 1 atom stereocenters. The number of hydrogen-bond donors (Lipinski definition) is 3. The lowest BCUT2D eigenvalue weighted by Crippen LogP contribution is -2.50. The molecule has 0 aromatic heterocycles. The molecule has 0 unspecified atom stereocenters. The summed E-state index contributed by atoms with van der Waals surface area (Å²) in [5.74, 6) is -1.07. The molecule has 1 aromatic carbocycles. The van der Waals surface area contributed by atoms with Gasteiger partial charge in [0.25, 0.3) is 5.91 Å². The number of piperidine rings is 1. The monoisotopic (exact) mass is 295 g/mol. The summed E-state index contributed by atoms with van der Waals surface area (Å²) in [6, 6.07) is 3.07. The van der Waals surface area contributed by atoms with Crippen LogP contribution in [0.2, 0.25) is 0 Å². The number of carbonyl (C=O) groups excluding carboxylic acids is 2. The van der Waals surface area contributed by atoms with Gasteiger partial charge >= 0.3 is 0 Å². The molecular weight excluding hydrogens is 277 g/mol. The Morgan fingerprint density at radius 3 is 3.05 bits per heavy atom. The van der Waals surface area contributed by atoms with Crippen molar-refractivity contribution in [2.45, 2.75) is 18.9 Å². The lowest BCUT2D eigenvalue weighted by Gasteiger charge is -2.23. The van der Waals surface area contributed by atoms with Crippen LogP contribution in [0.1, 0.15) is 23.2 Å². The van der Waals surface area contributed by atoms with Crippen molar-refractivity contribution in [3.8, 4) is 5.75 Å². The predicted molar refractivity (Wildman–Crippen MR) is 74.4 cm³/mol. The number of hydrogen-bond acceptors (Lipinski definition) is 4. The maximum absolute atomic E-state index is 13.3. The zero-order valence-electron chi connectivity index (χ0n) is 11.5. The van der Waals surface area contributed by atoms with E-state index in [-0.39, 0.29) is 30.4 Å². The predicted octanol–water partition coefficient (Wildman–Crippen LogP) is 0.172. The minimum atomic E-state index is -0.600. The number of rotatable bonds is 5. The number of benzene rings is 1. The highest BCUT2D eigenvalue weighted by atomic mass is 19.1. The molecule has 0 aliphatic carbocycles. The third kappa shape index (κ3) is 3.91. The van der Waals surface area contributed by atoms with Gasteiger partial charge in [0.2, 0.25) is 5.91 Å². The van der Waals surface area contributed by atoms with Crippen molar-refractivity contribution in [2.24, 2.45) is 5.73 Å². The number of carbonyl (C=O) groups is 2. The SMILES string of the molecule is NCCOc1ccc(F)cc1C(=O)N[C@@H]1CCCNC1=O. The number of halogens is 1. The van der Waals surface area contributed by atoms with Crippen LogP contribution >= 0.6 is 0 Å². The van der Waals surface area contributed by atoms with Gasteiger partial charge in [-0.1, -0.05) is 0 Å². The molecule has 0 bridgehead atoms. The van der Waals surface area contributed by atoms with Gasteiger partial charge in [-0.2, -0.15) is 0 Å². The number of ether oxygens (including phenoxy) is 1. The minimum absolute atomic E-state index is 0.0572. The van der Waals surface area contributed by atoms with E-state index in [2.05, 4.69) is 10.6 Å². The van der Waals surface area contributed by atoms with Gasteiger partial charge in [-0.25, -0.2) is 4.39 Å². The van der Waals surface area contributed by atoms with Crippen molar-refractivity contribution in [3.05, 3.63) is 29.6 Å². The van der Waals surface area contributed by atoms with E-state index in [0.717, 1.165) is 12.5 Å². The van der Waals surface area contributed by atoms with E-state index in [9.17, 15) is 14.0 Å². The third-order valence-electron chi connectivity index (χ3n) is 3.15. The molecule has 1 aliphatic rings. The Balaban J connectivity index is 2.13. The molecule has 21 heavy (non-hydrogen) atoms. The normalized spacial score (nSPS) is 18.0. The zero-order valence-corrected chi connectivity index (χ0v) is 11.5. The molecule has 6 nitrogen and oxygen atoms in total. The summed E-state index contributed by atoms with van der Waals surface area (Å²) in [7, 11) is 0. The average molecular weight is 295 g/mol. The Morgan fingerprint density at radius 2 is 2.33 bits per heavy atom. The van der Waals surface area contributed by atoms with Crippen molar-refractivity contribution >= 4 is 11.8 Å². The molecule has 0 saturated carbocycles. The van der Waals surface area contributed by atoms with Gasteiger partial charge < -0.3 is 21.1 Å². The highest BCUT2D eigenvalue weighted by molar-refractivity contribution is 5.99. The standard InChI is InChI=1S/C14H18FN3O3/c15-9-3-4-12(21-7-5-16)10(8-9)13(19)18-11-2-1-6-17-14(11)20/h3-4,8,11H,1-2,5-7,16H2,(H,17,20)(H,18,19)/t11-/m1/s1. The number of nitrogens with two attached hydrogens (primary N) is 1.